The number of hydrogen-bond donors (Lipinski definition) is 0. The Hall–Kier alpha value is -4.60. The molecule has 0 unspecified atom stereocenters. The largest absolute Gasteiger partial charge is 0.261 e. The standard InChI is InChI=1S/C20H12N10/c1-5-25-13(9-21-1)17-18(14-10-22-2-6-26-14)29-20(16-12-24-4-8-28-16)30-19(17)15-11-23-3-7-27-15/h1-12H. The Morgan fingerprint density at radius 1 is 0.400 bits per heavy atom. The molecule has 5 heterocycles. The van der Waals surface area contributed by atoms with Crippen LogP contribution in [0.1, 0.15) is 0 Å². The van der Waals surface area contributed by atoms with Gasteiger partial charge >= 0.3 is 0 Å². The predicted octanol–water partition coefficient (Wildman–Crippen LogP) is 2.30. The van der Waals surface area contributed by atoms with Gasteiger partial charge in [0.05, 0.1) is 36.0 Å². The van der Waals surface area contributed by atoms with E-state index in [0.717, 1.165) is 0 Å². The molecule has 0 saturated carbocycles. The van der Waals surface area contributed by atoms with Crippen molar-refractivity contribution in [2.45, 2.75) is 0 Å². The molecule has 5 rings (SSSR count). The monoisotopic (exact) mass is 392 g/mol. The van der Waals surface area contributed by atoms with Gasteiger partial charge in [-0.2, -0.15) is 0 Å². The molecule has 0 bridgehead atoms. The van der Waals surface area contributed by atoms with Crippen LogP contribution in [0, 0.1) is 0 Å². The summed E-state index contributed by atoms with van der Waals surface area (Å²) in [6, 6.07) is 0. The van der Waals surface area contributed by atoms with Gasteiger partial charge < -0.3 is 0 Å². The Morgan fingerprint density at radius 3 is 1.20 bits per heavy atom. The van der Waals surface area contributed by atoms with Gasteiger partial charge in [0.2, 0.25) is 0 Å². The van der Waals surface area contributed by atoms with Crippen LogP contribution in [0.2, 0.25) is 0 Å². The lowest BCUT2D eigenvalue weighted by Crippen LogP contribution is -2.04. The average Bonchev–Trinajstić information content (AvgIpc) is 2.85. The van der Waals surface area contributed by atoms with Crippen LogP contribution in [0.15, 0.2) is 74.4 Å². The minimum Gasteiger partial charge on any atom is -0.261 e. The molecule has 142 valence electrons. The normalized spacial score (nSPS) is 10.7. The van der Waals surface area contributed by atoms with Gasteiger partial charge in [-0.1, -0.05) is 0 Å². The zero-order chi connectivity index (χ0) is 20.2. The summed E-state index contributed by atoms with van der Waals surface area (Å²) < 4.78 is 0. The molecule has 0 atom stereocenters. The molecule has 0 spiro atoms. The Balaban J connectivity index is 1.88. The number of nitrogens with zero attached hydrogens (tertiary/aromatic N) is 10. The van der Waals surface area contributed by atoms with E-state index in [1.165, 1.54) is 0 Å². The summed E-state index contributed by atoms with van der Waals surface area (Å²) in [7, 11) is 0. The van der Waals surface area contributed by atoms with Gasteiger partial charge in [-0.25, -0.2) is 15.0 Å². The van der Waals surface area contributed by atoms with Gasteiger partial charge in [-0.05, 0) is 0 Å². The van der Waals surface area contributed by atoms with Crippen molar-refractivity contribution in [3.8, 4) is 45.6 Å². The highest BCUT2D eigenvalue weighted by molar-refractivity contribution is 5.88. The lowest BCUT2D eigenvalue weighted by molar-refractivity contribution is 1.08. The Kier molecular flexibility index (Phi) is 4.55. The Bertz CT molecular complexity index is 1210. The molecule has 10 nitrogen and oxygen atoms in total. The van der Waals surface area contributed by atoms with Crippen molar-refractivity contribution in [2.24, 2.45) is 0 Å². The van der Waals surface area contributed by atoms with Crippen LogP contribution >= 0.6 is 0 Å². The third-order valence-corrected chi connectivity index (χ3v) is 4.13. The fourth-order valence-corrected chi connectivity index (χ4v) is 2.87. The summed E-state index contributed by atoms with van der Waals surface area (Å²) in [6.45, 7) is 0. The summed E-state index contributed by atoms with van der Waals surface area (Å²) >= 11 is 0. The molecule has 0 aromatic carbocycles. The van der Waals surface area contributed by atoms with Crippen molar-refractivity contribution < 1.29 is 0 Å². The van der Waals surface area contributed by atoms with Crippen LogP contribution in [0.5, 0.6) is 0 Å². The quantitative estimate of drug-likeness (QED) is 0.449. The van der Waals surface area contributed by atoms with Gasteiger partial charge in [0, 0.05) is 49.6 Å². The third-order valence-electron chi connectivity index (χ3n) is 4.13. The van der Waals surface area contributed by atoms with Crippen LogP contribution < -0.4 is 0 Å². The molecule has 30 heavy (non-hydrogen) atoms. The van der Waals surface area contributed by atoms with Crippen molar-refractivity contribution in [3.63, 3.8) is 0 Å². The molecule has 5 aromatic heterocycles. The van der Waals surface area contributed by atoms with E-state index >= 15 is 0 Å². The van der Waals surface area contributed by atoms with Gasteiger partial charge in [0.25, 0.3) is 0 Å². The van der Waals surface area contributed by atoms with Crippen LogP contribution in [0.25, 0.3) is 45.6 Å². The number of rotatable bonds is 4. The Morgan fingerprint density at radius 2 is 0.800 bits per heavy atom. The molecule has 0 N–H and O–H groups in total. The maximum absolute atomic E-state index is 4.74. The van der Waals surface area contributed by atoms with Gasteiger partial charge in [-0.15, -0.1) is 0 Å². The lowest BCUT2D eigenvalue weighted by Gasteiger charge is -2.14. The van der Waals surface area contributed by atoms with E-state index in [0.29, 0.717) is 45.6 Å². The van der Waals surface area contributed by atoms with E-state index in [4.69, 9.17) is 9.97 Å². The van der Waals surface area contributed by atoms with E-state index in [1.807, 2.05) is 0 Å². The Labute approximate surface area is 170 Å². The molecule has 0 radical (unpaired) electrons. The van der Waals surface area contributed by atoms with E-state index < -0.39 is 0 Å². The van der Waals surface area contributed by atoms with Crippen LogP contribution in [-0.4, -0.2) is 49.8 Å². The predicted molar refractivity (Wildman–Crippen MR) is 106 cm³/mol. The van der Waals surface area contributed by atoms with Crippen LogP contribution in [-0.2, 0) is 0 Å². The van der Waals surface area contributed by atoms with Gasteiger partial charge in [-0.3, -0.25) is 34.9 Å². The fourth-order valence-electron chi connectivity index (χ4n) is 2.87. The number of hydrogen-bond acceptors (Lipinski definition) is 10. The second kappa shape index (κ2) is 7.80. The fraction of sp³-hybridized carbons (Fsp3) is 0. The van der Waals surface area contributed by atoms with Gasteiger partial charge in [0.1, 0.15) is 28.5 Å². The molecule has 5 aromatic rings. The highest BCUT2D eigenvalue weighted by atomic mass is 15.0. The SMILES string of the molecule is c1cnc(-c2nc(-c3cnccn3)c(-c3cnccn3)c(-c3cnccn3)n2)cn1. The van der Waals surface area contributed by atoms with E-state index in [-0.39, 0.29) is 0 Å². The van der Waals surface area contributed by atoms with Crippen LogP contribution in [0.4, 0.5) is 0 Å². The zero-order valence-corrected chi connectivity index (χ0v) is 15.4. The molecule has 10 heteroatoms. The summed E-state index contributed by atoms with van der Waals surface area (Å²) in [5, 5.41) is 0. The molecular formula is C20H12N10. The molecule has 0 aliphatic rings. The second-order valence-electron chi connectivity index (χ2n) is 5.98. The minimum atomic E-state index is 0.372. The van der Waals surface area contributed by atoms with E-state index in [2.05, 4.69) is 39.9 Å². The van der Waals surface area contributed by atoms with Gasteiger partial charge in [0.15, 0.2) is 5.82 Å². The van der Waals surface area contributed by atoms with Crippen molar-refractivity contribution in [3.05, 3.63) is 74.4 Å². The van der Waals surface area contributed by atoms with Crippen molar-refractivity contribution in [2.75, 3.05) is 0 Å². The van der Waals surface area contributed by atoms with Crippen molar-refractivity contribution in [1.29, 1.82) is 0 Å². The molecular weight excluding hydrogens is 380 g/mol. The summed E-state index contributed by atoms with van der Waals surface area (Å²) in [4.78, 5) is 43.8. The first-order valence-corrected chi connectivity index (χ1v) is 8.88. The molecule has 0 aliphatic carbocycles. The summed E-state index contributed by atoms with van der Waals surface area (Å²) in [5.74, 6) is 0.372. The number of aromatic nitrogens is 10. The summed E-state index contributed by atoms with van der Waals surface area (Å²) in [6.07, 6.45) is 19.3. The summed E-state index contributed by atoms with van der Waals surface area (Å²) in [5.41, 5.74) is 3.87. The first-order chi connectivity index (χ1) is 14.9. The van der Waals surface area contributed by atoms with Crippen molar-refractivity contribution >= 4 is 0 Å². The highest BCUT2D eigenvalue weighted by Gasteiger charge is 2.23. The first-order valence-electron chi connectivity index (χ1n) is 8.88. The minimum absolute atomic E-state index is 0.372. The third kappa shape index (κ3) is 3.33. The second-order valence-corrected chi connectivity index (χ2v) is 5.98. The van der Waals surface area contributed by atoms with Crippen LogP contribution in [0.3, 0.4) is 0 Å². The lowest BCUT2D eigenvalue weighted by atomic mass is 10.0. The highest BCUT2D eigenvalue weighted by Crippen LogP contribution is 2.36. The topological polar surface area (TPSA) is 129 Å². The smallest absolute Gasteiger partial charge is 0.181 e. The van der Waals surface area contributed by atoms with E-state index in [1.54, 1.807) is 74.4 Å². The zero-order valence-electron chi connectivity index (χ0n) is 15.4. The molecule has 0 amide bonds. The molecule has 0 fully saturated rings. The van der Waals surface area contributed by atoms with E-state index in [9.17, 15) is 0 Å². The molecule has 0 saturated heterocycles. The van der Waals surface area contributed by atoms with Crippen molar-refractivity contribution in [1.82, 2.24) is 49.8 Å². The average molecular weight is 392 g/mol. The maximum atomic E-state index is 4.74. The maximum Gasteiger partial charge on any atom is 0.181 e. The molecule has 0 aliphatic heterocycles. The first kappa shape index (κ1) is 17.5.